The molecule has 94 heavy (non-hydrogen) atoms. The molecular weight excluding hydrogens is 1290 g/mol. The van der Waals surface area contributed by atoms with Gasteiger partial charge < -0.3 is 80.2 Å². The average Bonchev–Trinajstić information content (AvgIpc) is 0.736. The second-order valence-corrected chi connectivity index (χ2v) is 32.0. The van der Waals surface area contributed by atoms with Crippen molar-refractivity contribution >= 4 is 55.2 Å². The lowest BCUT2D eigenvalue weighted by atomic mass is 9.93. The van der Waals surface area contributed by atoms with Crippen LogP contribution in [0.3, 0.4) is 0 Å². The van der Waals surface area contributed by atoms with Gasteiger partial charge >= 0.3 is 11.9 Å². The second-order valence-electron chi connectivity index (χ2n) is 25.3. The van der Waals surface area contributed by atoms with Crippen molar-refractivity contribution in [3.8, 4) is 0 Å². The molecule has 19 nitrogen and oxygen atoms in total. The van der Waals surface area contributed by atoms with E-state index in [-0.39, 0.29) is 51.3 Å². The van der Waals surface area contributed by atoms with Gasteiger partial charge in [-0.05, 0) is 65.5 Å². The highest BCUT2D eigenvalue weighted by Gasteiger charge is 2.65. The number of carbonyl (C=O) groups excluding carboxylic acids is 2. The van der Waals surface area contributed by atoms with Crippen LogP contribution in [0.4, 0.5) is 0 Å². The Kier molecular flexibility index (Phi) is 27.4. The van der Waals surface area contributed by atoms with Crippen molar-refractivity contribution in [2.24, 2.45) is 0 Å². The number of hydrogen-bond acceptors (Lipinski definition) is 20. The molecule has 0 bridgehead atoms. The highest BCUT2D eigenvalue weighted by atomic mass is 35.5. The summed E-state index contributed by atoms with van der Waals surface area (Å²) in [5.41, 5.74) is 3.65. The number of methoxy groups -OCH3 is 2. The van der Waals surface area contributed by atoms with E-state index in [1.807, 2.05) is 159 Å². The highest BCUT2D eigenvalue weighted by molar-refractivity contribution is 7.99. The zero-order valence-electron chi connectivity index (χ0n) is 55.3. The molecule has 0 aliphatic carbocycles. The Labute approximate surface area is 568 Å². The van der Waals surface area contributed by atoms with Gasteiger partial charge in [-0.2, -0.15) is 0 Å². The zero-order valence-corrected chi connectivity index (χ0v) is 58.6. The molecule has 17 atom stereocenters. The first-order valence-electron chi connectivity index (χ1n) is 32.0. The molecule has 514 valence electrons. The monoisotopic (exact) mass is 1380 g/mol. The number of thioether (sulfide) groups is 1. The molecule has 4 fully saturated rings. The fraction of sp³-hybridized carbons (Fsp3) is 0.549. The third kappa shape index (κ3) is 19.1. The molecule has 0 N–H and O–H groups in total. The summed E-state index contributed by atoms with van der Waals surface area (Å²) in [6.45, 7) is 16.6. The van der Waals surface area contributed by atoms with Crippen LogP contribution < -0.4 is 0 Å². The molecule has 0 radical (unpaired) electrons. The van der Waals surface area contributed by atoms with E-state index in [4.69, 9.17) is 103 Å². The Morgan fingerprint density at radius 2 is 0.894 bits per heavy atom. The molecule has 9 rings (SSSR count). The minimum absolute atomic E-state index is 0.0344. The fourth-order valence-electron chi connectivity index (χ4n) is 11.4. The Morgan fingerprint density at radius 3 is 1.35 bits per heavy atom. The first kappa shape index (κ1) is 73.8. The number of alkyl halides is 2. The molecule has 4 heterocycles. The molecule has 5 aromatic carbocycles. The number of rotatable bonds is 32. The molecule has 4 saturated heterocycles. The summed E-state index contributed by atoms with van der Waals surface area (Å²) in [5, 5.41) is -0.176. The summed E-state index contributed by atoms with van der Waals surface area (Å²) >= 11 is 14.0. The normalized spacial score (nSPS) is 30.5. The maximum atomic E-state index is 13.9. The van der Waals surface area contributed by atoms with Crippen LogP contribution in [0.25, 0.3) is 0 Å². The number of benzene rings is 5. The predicted molar refractivity (Wildman–Crippen MR) is 356 cm³/mol. The van der Waals surface area contributed by atoms with E-state index < -0.39 is 141 Å². The van der Waals surface area contributed by atoms with Gasteiger partial charge in [0.05, 0.1) is 52.9 Å². The molecule has 17 unspecified atom stereocenters. The van der Waals surface area contributed by atoms with Crippen molar-refractivity contribution in [2.45, 2.75) is 196 Å². The lowest BCUT2D eigenvalue weighted by molar-refractivity contribution is -0.488. The molecule has 23 heteroatoms. The van der Waals surface area contributed by atoms with Gasteiger partial charge in [-0.25, -0.2) is 0 Å². The van der Waals surface area contributed by atoms with Crippen LogP contribution in [0.2, 0.25) is 18.1 Å². The van der Waals surface area contributed by atoms with Crippen LogP contribution in [0, 0.1) is 0 Å². The smallest absolute Gasteiger partial charge is 0.321 e. The predicted octanol–water partition coefficient (Wildman–Crippen LogP) is 11.7. The minimum atomic E-state index is -2.46. The van der Waals surface area contributed by atoms with Gasteiger partial charge in [0.2, 0.25) is 11.6 Å². The van der Waals surface area contributed by atoms with E-state index in [0.29, 0.717) is 5.75 Å². The minimum Gasteiger partial charge on any atom is -0.456 e. The maximum absolute atomic E-state index is 13.9. The Hall–Kier alpha value is -4.41. The van der Waals surface area contributed by atoms with Gasteiger partial charge in [-0.1, -0.05) is 179 Å². The second kappa shape index (κ2) is 34.9. The summed E-state index contributed by atoms with van der Waals surface area (Å²) in [7, 11) is 0.438. The first-order chi connectivity index (χ1) is 45.3. The Balaban J connectivity index is 1.14. The van der Waals surface area contributed by atoms with Crippen LogP contribution in [-0.4, -0.2) is 175 Å². The van der Waals surface area contributed by atoms with Crippen molar-refractivity contribution in [1.29, 1.82) is 0 Å². The van der Waals surface area contributed by atoms with E-state index in [9.17, 15) is 9.59 Å². The molecule has 4 aliphatic heterocycles. The topological polar surface area (TPSA) is 191 Å². The molecule has 0 saturated carbocycles. The van der Waals surface area contributed by atoms with Crippen molar-refractivity contribution in [3.05, 3.63) is 179 Å². The van der Waals surface area contributed by atoms with Crippen LogP contribution >= 0.6 is 35.0 Å². The van der Waals surface area contributed by atoms with Gasteiger partial charge in [-0.3, -0.25) is 9.59 Å². The van der Waals surface area contributed by atoms with Crippen LogP contribution in [-0.2, 0) is 123 Å². The van der Waals surface area contributed by atoms with Gasteiger partial charge in [0.15, 0.2) is 33.1 Å². The van der Waals surface area contributed by atoms with Gasteiger partial charge in [0.25, 0.3) is 0 Å². The lowest BCUT2D eigenvalue weighted by Crippen LogP contribution is -2.74. The van der Waals surface area contributed by atoms with E-state index in [0.717, 1.165) is 27.8 Å². The Bertz CT molecular complexity index is 3060. The van der Waals surface area contributed by atoms with Crippen LogP contribution in [0.5, 0.6) is 0 Å². The van der Waals surface area contributed by atoms with E-state index in [1.165, 1.54) is 26.0 Å². The molecule has 5 aromatic rings. The third-order valence-corrected chi connectivity index (χ3v) is 23.8. The molecule has 0 spiro atoms. The van der Waals surface area contributed by atoms with Crippen molar-refractivity contribution in [2.75, 3.05) is 51.6 Å². The Morgan fingerprint density at radius 1 is 0.489 bits per heavy atom. The third-order valence-electron chi connectivity index (χ3n) is 17.8. The van der Waals surface area contributed by atoms with Gasteiger partial charge in [-0.15, -0.1) is 35.0 Å². The molecule has 4 aliphatic rings. The van der Waals surface area contributed by atoms with Crippen LogP contribution in [0.1, 0.15) is 69.4 Å². The highest BCUT2D eigenvalue weighted by Crippen LogP contribution is 2.47. The summed E-state index contributed by atoms with van der Waals surface area (Å²) in [5.74, 6) is -5.36. The quantitative estimate of drug-likeness (QED) is 0.0224. The number of carbonyl (C=O) groups is 2. The molecule has 0 amide bonds. The van der Waals surface area contributed by atoms with Crippen LogP contribution in [0.15, 0.2) is 152 Å². The lowest BCUT2D eigenvalue weighted by Gasteiger charge is -2.57. The van der Waals surface area contributed by atoms with Crippen molar-refractivity contribution in [1.82, 2.24) is 0 Å². The summed E-state index contributed by atoms with van der Waals surface area (Å²) in [6, 6.07) is 48.8. The number of hydrogen-bond donors (Lipinski definition) is 0. The maximum Gasteiger partial charge on any atom is 0.321 e. The molecule has 0 aromatic heterocycles. The van der Waals surface area contributed by atoms with Gasteiger partial charge in [0.1, 0.15) is 78.2 Å². The largest absolute Gasteiger partial charge is 0.456 e. The number of fused-ring (bicyclic) bond motifs is 1. The SMILES string of the molecule is CCSC1OC(CO[Si](C)(C)C(C)(C)C)C(OCc2ccccc2)C(OC2OC(COC3OC(COCc4ccccc4)C(OCc4ccccc4)C(OCc4ccccc4)C3OCc3ccccc3)C(OC(=O)CCl)C3OC(C)(OC)C(C)(OC)OC23)C1OC(=O)CCl. The van der Waals surface area contributed by atoms with Crippen molar-refractivity contribution < 1.29 is 89.8 Å². The summed E-state index contributed by atoms with van der Waals surface area (Å²) in [6.07, 6.45) is -15.8. The summed E-state index contributed by atoms with van der Waals surface area (Å²) < 4.78 is 116. The van der Waals surface area contributed by atoms with Crippen molar-refractivity contribution in [3.63, 3.8) is 0 Å². The van der Waals surface area contributed by atoms with Gasteiger partial charge in [0, 0.05) is 14.2 Å². The number of halogens is 2. The zero-order chi connectivity index (χ0) is 66.9. The van der Waals surface area contributed by atoms with E-state index in [1.54, 1.807) is 13.8 Å². The van der Waals surface area contributed by atoms with E-state index >= 15 is 0 Å². The number of esters is 2. The van der Waals surface area contributed by atoms with E-state index in [2.05, 4.69) is 33.9 Å². The summed E-state index contributed by atoms with van der Waals surface area (Å²) in [4.78, 5) is 27.6. The fourth-order valence-corrected chi connectivity index (χ4v) is 13.5. The average molecular weight is 1380 g/mol. The standard InChI is InChI=1S/C71H92Cl2O19SSi/c1-11-93-68-65(89-56(75)38-73)61(58(80-41-49-31-21-14-22-32-49)54(87-68)46-84-94(9,10)69(2,3)4)90-67-64-62(91-70(5,76-7)71(6,77-8)92-64)59(88-55(74)37-72)53(86-67)45-83-66-63(82-43-51-35-25-16-26-36-51)60(81-42-50-33-23-15-24-34-50)57(79-40-48-29-19-13-20-30-48)52(85-66)44-78-39-47-27-17-12-18-28-47/h12-36,52-54,57-68H,11,37-46H2,1-10H3. The molecular formula is C71H92Cl2O19SSi. The first-order valence-corrected chi connectivity index (χ1v) is 37.0. The number of ether oxygens (including phenoxy) is 16.